The number of rotatable bonds is 4. The molecule has 1 unspecified atom stereocenters. The highest BCUT2D eigenvalue weighted by atomic mass is 32.2. The van der Waals surface area contributed by atoms with Crippen LogP contribution in [0.15, 0.2) is 59.5 Å². The average Bonchev–Trinajstić information content (AvgIpc) is 3.04. The lowest BCUT2D eigenvalue weighted by atomic mass is 10.0. The Balaban J connectivity index is 2.00. The van der Waals surface area contributed by atoms with Gasteiger partial charge in [-0.05, 0) is 59.1 Å². The topological polar surface area (TPSA) is 74.4 Å². The Morgan fingerprint density at radius 3 is 2.23 bits per heavy atom. The zero-order valence-electron chi connectivity index (χ0n) is 14.2. The largest absolute Gasteiger partial charge is 0.768 e. The van der Waals surface area contributed by atoms with Gasteiger partial charge in [0.05, 0.1) is 19.7 Å². The van der Waals surface area contributed by atoms with Crippen LogP contribution in [0.3, 0.4) is 0 Å². The predicted molar refractivity (Wildman–Crippen MR) is 102 cm³/mol. The van der Waals surface area contributed by atoms with Crippen molar-refractivity contribution in [3.05, 3.63) is 54.6 Å². The van der Waals surface area contributed by atoms with Crippen molar-refractivity contribution >= 4 is 32.9 Å². The summed E-state index contributed by atoms with van der Waals surface area (Å²) in [6.07, 6.45) is 0. The van der Waals surface area contributed by atoms with Gasteiger partial charge in [0.2, 0.25) is 0 Å². The molecule has 4 rings (SSSR count). The minimum Gasteiger partial charge on any atom is -0.768 e. The van der Waals surface area contributed by atoms with E-state index in [-0.39, 0.29) is 4.90 Å². The molecular formula is C20H16NO4S-. The molecular weight excluding hydrogens is 350 g/mol. The minimum absolute atomic E-state index is 0.259. The summed E-state index contributed by atoms with van der Waals surface area (Å²) < 4.78 is 33.0. The molecule has 0 bridgehead atoms. The molecule has 1 atom stereocenters. The van der Waals surface area contributed by atoms with Crippen LogP contribution in [0.4, 0.5) is 0 Å². The second-order valence-electron chi connectivity index (χ2n) is 5.89. The van der Waals surface area contributed by atoms with Gasteiger partial charge in [0.1, 0.15) is 11.5 Å². The first-order chi connectivity index (χ1) is 12.6. The van der Waals surface area contributed by atoms with E-state index in [1.54, 1.807) is 38.5 Å². The smallest absolute Gasteiger partial charge is 0.120 e. The zero-order valence-corrected chi connectivity index (χ0v) is 15.1. The maximum Gasteiger partial charge on any atom is 0.120 e. The Morgan fingerprint density at radius 1 is 0.885 bits per heavy atom. The van der Waals surface area contributed by atoms with Gasteiger partial charge in [0.25, 0.3) is 0 Å². The molecule has 26 heavy (non-hydrogen) atoms. The van der Waals surface area contributed by atoms with Gasteiger partial charge in [-0.3, -0.25) is 4.21 Å². The first-order valence-electron chi connectivity index (χ1n) is 7.98. The summed E-state index contributed by atoms with van der Waals surface area (Å²) >= 11 is -2.24. The molecule has 0 radical (unpaired) electrons. The molecule has 5 nitrogen and oxygen atoms in total. The summed E-state index contributed by atoms with van der Waals surface area (Å²) in [7, 11) is 3.27. The van der Waals surface area contributed by atoms with Crippen molar-refractivity contribution in [1.29, 1.82) is 0 Å². The van der Waals surface area contributed by atoms with Gasteiger partial charge in [0, 0.05) is 26.7 Å². The summed E-state index contributed by atoms with van der Waals surface area (Å²) in [4.78, 5) is 3.71. The number of aromatic amines is 1. The first-order valence-corrected chi connectivity index (χ1v) is 9.05. The summed E-state index contributed by atoms with van der Waals surface area (Å²) in [6.45, 7) is 0. The van der Waals surface area contributed by atoms with Crippen LogP contribution in [0.1, 0.15) is 0 Å². The van der Waals surface area contributed by atoms with Crippen LogP contribution < -0.4 is 9.47 Å². The third-order valence-corrected chi connectivity index (χ3v) is 5.14. The van der Waals surface area contributed by atoms with Gasteiger partial charge in [-0.15, -0.1) is 0 Å². The molecule has 1 N–H and O–H groups in total. The monoisotopic (exact) mass is 366 g/mol. The number of aromatic nitrogens is 1. The fourth-order valence-corrected chi connectivity index (χ4v) is 3.53. The molecule has 0 saturated heterocycles. The van der Waals surface area contributed by atoms with Crippen molar-refractivity contribution in [2.75, 3.05) is 14.2 Å². The molecule has 0 aliphatic carbocycles. The lowest BCUT2D eigenvalue weighted by Gasteiger charge is -2.09. The Hall–Kier alpha value is -2.83. The minimum atomic E-state index is -2.24. The quantitative estimate of drug-likeness (QED) is 0.548. The van der Waals surface area contributed by atoms with Crippen molar-refractivity contribution in [3.63, 3.8) is 0 Å². The molecule has 0 aliphatic heterocycles. The van der Waals surface area contributed by atoms with E-state index in [9.17, 15) is 8.76 Å². The summed E-state index contributed by atoms with van der Waals surface area (Å²) in [6, 6.07) is 16.6. The third-order valence-electron chi connectivity index (χ3n) is 4.48. The number of hydrogen-bond donors (Lipinski definition) is 1. The van der Waals surface area contributed by atoms with E-state index in [1.807, 2.05) is 30.3 Å². The Morgan fingerprint density at radius 2 is 1.58 bits per heavy atom. The van der Waals surface area contributed by atoms with Crippen LogP contribution in [0.25, 0.3) is 32.9 Å². The Labute approximate surface area is 152 Å². The molecule has 0 saturated carbocycles. The van der Waals surface area contributed by atoms with Crippen LogP contribution in [0.5, 0.6) is 11.5 Å². The number of nitrogens with one attached hydrogen (secondary N) is 1. The maximum atomic E-state index is 11.1. The fraction of sp³-hybridized carbons (Fsp3) is 0.100. The Bertz CT molecular complexity index is 1130. The molecule has 0 spiro atoms. The number of methoxy groups -OCH3 is 2. The highest BCUT2D eigenvalue weighted by Crippen LogP contribution is 2.38. The van der Waals surface area contributed by atoms with Gasteiger partial charge in [0.15, 0.2) is 0 Å². The number of hydrogen-bond acceptors (Lipinski definition) is 4. The zero-order chi connectivity index (χ0) is 18.3. The van der Waals surface area contributed by atoms with Gasteiger partial charge in [-0.25, -0.2) is 0 Å². The van der Waals surface area contributed by atoms with Crippen LogP contribution >= 0.6 is 0 Å². The van der Waals surface area contributed by atoms with E-state index in [2.05, 4.69) is 4.98 Å². The molecule has 4 aromatic rings. The molecule has 3 aromatic carbocycles. The van der Waals surface area contributed by atoms with Gasteiger partial charge in [-0.1, -0.05) is 12.1 Å². The van der Waals surface area contributed by atoms with E-state index in [0.717, 1.165) is 44.4 Å². The van der Waals surface area contributed by atoms with E-state index in [4.69, 9.17) is 9.47 Å². The molecule has 132 valence electrons. The Kier molecular flexibility index (Phi) is 4.14. The van der Waals surface area contributed by atoms with Crippen LogP contribution in [-0.2, 0) is 11.1 Å². The number of ether oxygens (including phenoxy) is 2. The number of benzene rings is 3. The number of fused-ring (bicyclic) bond motifs is 3. The highest BCUT2D eigenvalue weighted by molar-refractivity contribution is 7.79. The molecule has 1 aromatic heterocycles. The van der Waals surface area contributed by atoms with Crippen LogP contribution in [0, 0.1) is 0 Å². The fourth-order valence-electron chi connectivity index (χ4n) is 3.17. The summed E-state index contributed by atoms with van der Waals surface area (Å²) in [5, 5.41) is 2.06. The van der Waals surface area contributed by atoms with Gasteiger partial charge in [-0.2, -0.15) is 0 Å². The summed E-state index contributed by atoms with van der Waals surface area (Å²) in [5.41, 5.74) is 3.80. The van der Waals surface area contributed by atoms with E-state index >= 15 is 0 Å². The van der Waals surface area contributed by atoms with Crippen molar-refractivity contribution < 1.29 is 18.2 Å². The van der Waals surface area contributed by atoms with E-state index < -0.39 is 11.1 Å². The third kappa shape index (κ3) is 2.73. The second-order valence-corrected chi connectivity index (χ2v) is 6.83. The van der Waals surface area contributed by atoms with E-state index in [0.29, 0.717) is 0 Å². The summed E-state index contributed by atoms with van der Waals surface area (Å²) in [5.74, 6) is 1.51. The van der Waals surface area contributed by atoms with Crippen LogP contribution in [-0.4, -0.2) is 28.0 Å². The van der Waals surface area contributed by atoms with E-state index in [1.165, 1.54) is 0 Å². The van der Waals surface area contributed by atoms with Gasteiger partial charge >= 0.3 is 0 Å². The predicted octanol–water partition coefficient (Wildman–Crippen LogP) is 4.24. The SMILES string of the molecule is COc1ccc2[nH]c3c(-c4ccc(S(=O)[O-])cc4)cc(OC)cc3c2c1. The van der Waals surface area contributed by atoms with Crippen molar-refractivity contribution in [3.8, 4) is 22.6 Å². The number of H-pyrrole nitrogens is 1. The highest BCUT2D eigenvalue weighted by Gasteiger charge is 2.13. The normalized spacial score (nSPS) is 12.4. The molecule has 0 fully saturated rings. The van der Waals surface area contributed by atoms with Crippen LogP contribution in [0.2, 0.25) is 0 Å². The van der Waals surface area contributed by atoms with Gasteiger partial charge < -0.3 is 19.0 Å². The maximum absolute atomic E-state index is 11.1. The lowest BCUT2D eigenvalue weighted by molar-refractivity contribution is 0.415. The lowest BCUT2D eigenvalue weighted by Crippen LogP contribution is -1.89. The molecule has 1 heterocycles. The standard InChI is InChI=1S/C20H17NO4S/c1-24-13-5-8-19-17(9-13)18-11-14(25-2)10-16(20(18)21-19)12-3-6-15(7-4-12)26(22)23/h3-11,21H,1-2H3,(H,22,23)/p-1. The van der Waals surface area contributed by atoms with Crippen molar-refractivity contribution in [1.82, 2.24) is 4.98 Å². The van der Waals surface area contributed by atoms with Crippen molar-refractivity contribution in [2.45, 2.75) is 4.90 Å². The molecule has 0 amide bonds. The second kappa shape index (κ2) is 6.48. The van der Waals surface area contributed by atoms with Crippen molar-refractivity contribution in [2.24, 2.45) is 0 Å². The molecule has 6 heteroatoms. The first kappa shape index (κ1) is 16.6. The molecule has 0 aliphatic rings. The average molecular weight is 366 g/mol.